The lowest BCUT2D eigenvalue weighted by Crippen LogP contribution is -2.24. The Hall–Kier alpha value is -2.26. The molecule has 0 radical (unpaired) electrons. The number of hydrogen-bond donors (Lipinski definition) is 2. The predicted molar refractivity (Wildman–Crippen MR) is 85.3 cm³/mol. The van der Waals surface area contributed by atoms with E-state index in [0.29, 0.717) is 18.0 Å². The predicted octanol–water partition coefficient (Wildman–Crippen LogP) is 3.68. The number of benzene rings is 2. The molecule has 3 rings (SSSR count). The molecule has 1 amide bonds. The van der Waals surface area contributed by atoms with Gasteiger partial charge >= 0.3 is 0 Å². The van der Waals surface area contributed by atoms with Gasteiger partial charge in [0, 0.05) is 28.7 Å². The zero-order chi connectivity index (χ0) is 14.7. The van der Waals surface area contributed by atoms with Gasteiger partial charge in [-0.3, -0.25) is 4.79 Å². The number of carbonyl (C=O) groups excluding carboxylic acids is 1. The molecule has 21 heavy (non-hydrogen) atoms. The fourth-order valence-electron chi connectivity index (χ4n) is 2.36. The number of rotatable bonds is 4. The highest BCUT2D eigenvalue weighted by Crippen LogP contribution is 2.18. The minimum Gasteiger partial charge on any atom is -0.361 e. The molecule has 2 N–H and O–H groups in total. The number of halogens is 1. The van der Waals surface area contributed by atoms with Crippen molar-refractivity contribution in [2.24, 2.45) is 0 Å². The van der Waals surface area contributed by atoms with E-state index in [4.69, 9.17) is 11.6 Å². The van der Waals surface area contributed by atoms with E-state index in [1.807, 2.05) is 54.7 Å². The minimum absolute atomic E-state index is 0.000251. The third-order valence-electron chi connectivity index (χ3n) is 3.40. The SMILES string of the molecule is O=C(Cc1c[nH]c2ccccc12)NCc1cccc(Cl)c1. The number of hydrogen-bond acceptors (Lipinski definition) is 1. The molecule has 0 aliphatic rings. The maximum atomic E-state index is 12.1. The van der Waals surface area contributed by atoms with Crippen LogP contribution in [-0.4, -0.2) is 10.9 Å². The van der Waals surface area contributed by atoms with Crippen LogP contribution in [0.4, 0.5) is 0 Å². The Morgan fingerprint density at radius 3 is 2.86 bits per heavy atom. The molecule has 0 unspecified atom stereocenters. The number of nitrogens with one attached hydrogen (secondary N) is 2. The monoisotopic (exact) mass is 298 g/mol. The van der Waals surface area contributed by atoms with Crippen LogP contribution in [-0.2, 0) is 17.8 Å². The van der Waals surface area contributed by atoms with E-state index in [1.165, 1.54) is 0 Å². The standard InChI is InChI=1S/C17H15ClN2O/c18-14-5-3-4-12(8-14)10-20-17(21)9-13-11-19-16-7-2-1-6-15(13)16/h1-8,11,19H,9-10H2,(H,20,21). The van der Waals surface area contributed by atoms with Gasteiger partial charge in [-0.25, -0.2) is 0 Å². The van der Waals surface area contributed by atoms with Crippen LogP contribution < -0.4 is 5.32 Å². The average molecular weight is 299 g/mol. The van der Waals surface area contributed by atoms with Crippen LogP contribution in [0.1, 0.15) is 11.1 Å². The van der Waals surface area contributed by atoms with Crippen molar-refractivity contribution in [2.75, 3.05) is 0 Å². The van der Waals surface area contributed by atoms with Crippen molar-refractivity contribution >= 4 is 28.4 Å². The second-order valence-corrected chi connectivity index (χ2v) is 5.38. The van der Waals surface area contributed by atoms with Crippen molar-refractivity contribution in [3.8, 4) is 0 Å². The zero-order valence-electron chi connectivity index (χ0n) is 11.4. The van der Waals surface area contributed by atoms with Crippen molar-refractivity contribution < 1.29 is 4.79 Å². The summed E-state index contributed by atoms with van der Waals surface area (Å²) in [7, 11) is 0. The lowest BCUT2D eigenvalue weighted by Gasteiger charge is -2.05. The quantitative estimate of drug-likeness (QED) is 0.758. The Balaban J connectivity index is 1.64. The summed E-state index contributed by atoms with van der Waals surface area (Å²) in [6.07, 6.45) is 2.26. The fraction of sp³-hybridized carbons (Fsp3) is 0.118. The van der Waals surface area contributed by atoms with Crippen LogP contribution in [0.3, 0.4) is 0 Å². The van der Waals surface area contributed by atoms with E-state index in [1.54, 1.807) is 0 Å². The van der Waals surface area contributed by atoms with E-state index in [2.05, 4.69) is 10.3 Å². The number of aromatic amines is 1. The number of amides is 1. The largest absolute Gasteiger partial charge is 0.361 e. The van der Waals surface area contributed by atoms with Crippen LogP contribution in [0, 0.1) is 0 Å². The van der Waals surface area contributed by atoms with Gasteiger partial charge in [-0.05, 0) is 29.3 Å². The topological polar surface area (TPSA) is 44.9 Å². The molecule has 1 aromatic heterocycles. The summed E-state index contributed by atoms with van der Waals surface area (Å²) in [5.41, 5.74) is 3.05. The third kappa shape index (κ3) is 3.26. The first-order valence-corrected chi connectivity index (χ1v) is 7.16. The number of fused-ring (bicyclic) bond motifs is 1. The maximum absolute atomic E-state index is 12.1. The molecule has 0 fully saturated rings. The van der Waals surface area contributed by atoms with E-state index < -0.39 is 0 Å². The minimum atomic E-state index is -0.000251. The van der Waals surface area contributed by atoms with Gasteiger partial charge in [0.25, 0.3) is 0 Å². The molecule has 0 bridgehead atoms. The molecular weight excluding hydrogens is 284 g/mol. The molecule has 4 heteroatoms. The molecule has 106 valence electrons. The van der Waals surface area contributed by atoms with Gasteiger partial charge in [-0.1, -0.05) is 41.9 Å². The maximum Gasteiger partial charge on any atom is 0.224 e. The first-order chi connectivity index (χ1) is 10.2. The highest BCUT2D eigenvalue weighted by Gasteiger charge is 2.08. The Morgan fingerprint density at radius 2 is 2.00 bits per heavy atom. The molecule has 2 aromatic carbocycles. The number of H-pyrrole nitrogens is 1. The molecule has 0 aliphatic carbocycles. The first-order valence-electron chi connectivity index (χ1n) is 6.78. The van der Waals surface area contributed by atoms with Crippen molar-refractivity contribution in [3.05, 3.63) is 70.9 Å². The van der Waals surface area contributed by atoms with E-state index in [-0.39, 0.29) is 5.91 Å². The summed E-state index contributed by atoms with van der Waals surface area (Å²) in [6, 6.07) is 15.5. The van der Waals surface area contributed by atoms with Crippen molar-refractivity contribution in [2.45, 2.75) is 13.0 Å². The number of aromatic nitrogens is 1. The van der Waals surface area contributed by atoms with E-state index in [9.17, 15) is 4.79 Å². The Morgan fingerprint density at radius 1 is 1.14 bits per heavy atom. The summed E-state index contributed by atoms with van der Waals surface area (Å²) in [5, 5.41) is 4.69. The fourth-order valence-corrected chi connectivity index (χ4v) is 2.57. The Kier molecular flexibility index (Phi) is 3.93. The van der Waals surface area contributed by atoms with Gasteiger partial charge in [0.05, 0.1) is 6.42 Å². The van der Waals surface area contributed by atoms with Crippen LogP contribution in [0.2, 0.25) is 5.02 Å². The van der Waals surface area contributed by atoms with Crippen molar-refractivity contribution in [1.82, 2.24) is 10.3 Å². The molecule has 3 nitrogen and oxygen atoms in total. The molecule has 0 aliphatic heterocycles. The molecule has 0 atom stereocenters. The highest BCUT2D eigenvalue weighted by molar-refractivity contribution is 6.30. The molecule has 1 heterocycles. The summed E-state index contributed by atoms with van der Waals surface area (Å²) in [5.74, 6) is -0.000251. The van der Waals surface area contributed by atoms with Crippen LogP contribution >= 0.6 is 11.6 Å². The summed E-state index contributed by atoms with van der Waals surface area (Å²) in [6.45, 7) is 0.488. The molecule has 3 aromatic rings. The number of para-hydroxylation sites is 1. The van der Waals surface area contributed by atoms with E-state index >= 15 is 0 Å². The average Bonchev–Trinajstić information content (AvgIpc) is 2.89. The van der Waals surface area contributed by atoms with Gasteiger partial charge in [-0.15, -0.1) is 0 Å². The van der Waals surface area contributed by atoms with Crippen LogP contribution in [0.15, 0.2) is 54.7 Å². The van der Waals surface area contributed by atoms with Gasteiger partial charge in [0.1, 0.15) is 0 Å². The zero-order valence-corrected chi connectivity index (χ0v) is 12.2. The van der Waals surface area contributed by atoms with Gasteiger partial charge < -0.3 is 10.3 Å². The van der Waals surface area contributed by atoms with Gasteiger partial charge in [0.2, 0.25) is 5.91 Å². The van der Waals surface area contributed by atoms with E-state index in [0.717, 1.165) is 22.0 Å². The summed E-state index contributed by atoms with van der Waals surface area (Å²) in [4.78, 5) is 15.2. The lowest BCUT2D eigenvalue weighted by atomic mass is 10.1. The van der Waals surface area contributed by atoms with Gasteiger partial charge in [0.15, 0.2) is 0 Å². The normalized spacial score (nSPS) is 10.7. The first kappa shape index (κ1) is 13.7. The van der Waals surface area contributed by atoms with Crippen LogP contribution in [0.25, 0.3) is 10.9 Å². The molecule has 0 saturated carbocycles. The third-order valence-corrected chi connectivity index (χ3v) is 3.64. The molecule has 0 spiro atoms. The Labute approximate surface area is 127 Å². The number of carbonyl (C=O) groups is 1. The molecular formula is C17H15ClN2O. The van der Waals surface area contributed by atoms with Crippen LogP contribution in [0.5, 0.6) is 0 Å². The van der Waals surface area contributed by atoms with Crippen molar-refractivity contribution in [1.29, 1.82) is 0 Å². The van der Waals surface area contributed by atoms with Gasteiger partial charge in [-0.2, -0.15) is 0 Å². The highest BCUT2D eigenvalue weighted by atomic mass is 35.5. The van der Waals surface area contributed by atoms with Crippen molar-refractivity contribution in [3.63, 3.8) is 0 Å². The second kappa shape index (κ2) is 6.02. The summed E-state index contributed by atoms with van der Waals surface area (Å²) < 4.78 is 0. The summed E-state index contributed by atoms with van der Waals surface area (Å²) >= 11 is 5.92. The molecule has 0 saturated heterocycles. The lowest BCUT2D eigenvalue weighted by molar-refractivity contribution is -0.120. The second-order valence-electron chi connectivity index (χ2n) is 4.94. The Bertz CT molecular complexity index is 779. The smallest absolute Gasteiger partial charge is 0.224 e.